The average molecular weight is 187 g/mol. The number of thioether (sulfide) groups is 1. The summed E-state index contributed by atoms with van der Waals surface area (Å²) in [6.45, 7) is 0. The summed E-state index contributed by atoms with van der Waals surface area (Å²) in [5.74, 6) is 1.06. The van der Waals surface area contributed by atoms with Gasteiger partial charge in [-0.2, -0.15) is 0 Å². The summed E-state index contributed by atoms with van der Waals surface area (Å²) in [7, 11) is 0. The lowest BCUT2D eigenvalue weighted by Crippen LogP contribution is -2.07. The third-order valence-electron chi connectivity index (χ3n) is 2.24. The highest BCUT2D eigenvalue weighted by Crippen LogP contribution is 2.36. The van der Waals surface area contributed by atoms with Crippen molar-refractivity contribution in [3.63, 3.8) is 0 Å². The molecule has 0 spiro atoms. The van der Waals surface area contributed by atoms with Gasteiger partial charge < -0.3 is 0 Å². The molecule has 0 saturated heterocycles. The van der Waals surface area contributed by atoms with Crippen molar-refractivity contribution in [1.29, 1.82) is 0 Å². The Balaban J connectivity index is 2.18. The second-order valence-electron chi connectivity index (χ2n) is 3.02. The molecule has 0 N–H and O–H groups in total. The van der Waals surface area contributed by atoms with Crippen LogP contribution in [-0.4, -0.2) is 12.1 Å². The third-order valence-corrected chi connectivity index (χ3v) is 3.05. The van der Waals surface area contributed by atoms with Crippen molar-refractivity contribution in [2.75, 3.05) is 5.75 Å². The molecule has 0 amide bonds. The van der Waals surface area contributed by atoms with Gasteiger partial charge in [0.05, 0.1) is 5.70 Å². The minimum atomic E-state index is 1.06. The van der Waals surface area contributed by atoms with Crippen molar-refractivity contribution >= 4 is 18.1 Å². The largest absolute Gasteiger partial charge is 0.244 e. The number of fused-ring (bicyclic) bond motifs is 2. The lowest BCUT2D eigenvalue weighted by molar-refractivity contribution is 1.11. The summed E-state index contributed by atoms with van der Waals surface area (Å²) >= 11 is 1.82. The molecule has 0 aromatic rings. The summed E-state index contributed by atoms with van der Waals surface area (Å²) in [4.78, 5) is 4.01. The molecule has 0 atom stereocenters. The van der Waals surface area contributed by atoms with Crippen LogP contribution in [0.25, 0.3) is 0 Å². The van der Waals surface area contributed by atoms with E-state index in [0.29, 0.717) is 0 Å². The van der Waals surface area contributed by atoms with Gasteiger partial charge in [-0.05, 0) is 23.1 Å². The monoisotopic (exact) mass is 187 g/mol. The van der Waals surface area contributed by atoms with Crippen LogP contribution in [0.2, 0.25) is 0 Å². The van der Waals surface area contributed by atoms with Crippen LogP contribution in [0.1, 0.15) is 0 Å². The Labute approximate surface area is 80.8 Å². The highest BCUT2D eigenvalue weighted by Gasteiger charge is 2.23. The molecule has 1 aliphatic carbocycles. The molecule has 0 fully saturated rings. The summed E-state index contributed by atoms with van der Waals surface area (Å²) in [6.07, 6.45) is 7.80. The van der Waals surface area contributed by atoms with Gasteiger partial charge in [-0.15, -0.1) is 11.8 Å². The van der Waals surface area contributed by atoms with Crippen molar-refractivity contribution in [3.05, 3.63) is 46.2 Å². The first kappa shape index (κ1) is 7.21. The van der Waals surface area contributed by atoms with Crippen LogP contribution < -0.4 is 5.32 Å². The summed E-state index contributed by atoms with van der Waals surface area (Å²) in [6, 6.07) is 0. The van der Waals surface area contributed by atoms with Crippen molar-refractivity contribution in [1.82, 2.24) is 5.32 Å². The number of allylic oxidation sites excluding steroid dienone is 3. The molecule has 2 aliphatic heterocycles. The van der Waals surface area contributed by atoms with E-state index in [-0.39, 0.29) is 0 Å². The van der Waals surface area contributed by atoms with Gasteiger partial charge in [0.15, 0.2) is 0 Å². The SMILES string of the molecule is C1=CC2=C3[N]C=NC=C3C=C2CS1. The van der Waals surface area contributed by atoms with E-state index in [9.17, 15) is 0 Å². The van der Waals surface area contributed by atoms with Gasteiger partial charge in [0, 0.05) is 23.1 Å². The predicted octanol–water partition coefficient (Wildman–Crippen LogP) is 1.97. The molecule has 0 bridgehead atoms. The molecule has 3 rings (SSSR count). The maximum Gasteiger partial charge on any atom is 0.116 e. The highest BCUT2D eigenvalue weighted by atomic mass is 32.2. The van der Waals surface area contributed by atoms with E-state index in [1.54, 1.807) is 6.34 Å². The molecule has 3 aliphatic rings. The molecule has 2 heterocycles. The Kier molecular flexibility index (Phi) is 1.46. The molecule has 0 saturated carbocycles. The Morgan fingerprint density at radius 2 is 2.38 bits per heavy atom. The van der Waals surface area contributed by atoms with E-state index in [0.717, 1.165) is 17.0 Å². The van der Waals surface area contributed by atoms with Crippen LogP contribution in [0.3, 0.4) is 0 Å². The number of aliphatic imine (C=N–C) groups is 1. The number of rotatable bonds is 0. The smallest absolute Gasteiger partial charge is 0.116 e. The van der Waals surface area contributed by atoms with Crippen molar-refractivity contribution in [2.45, 2.75) is 0 Å². The van der Waals surface area contributed by atoms with Gasteiger partial charge >= 0.3 is 0 Å². The Hall–Kier alpha value is -1.22. The van der Waals surface area contributed by atoms with Crippen LogP contribution in [-0.2, 0) is 0 Å². The van der Waals surface area contributed by atoms with Crippen molar-refractivity contribution in [2.24, 2.45) is 4.99 Å². The van der Waals surface area contributed by atoms with Gasteiger partial charge in [-0.3, -0.25) is 0 Å². The fraction of sp³-hybridized carbons (Fsp3) is 0.100. The van der Waals surface area contributed by atoms with Gasteiger partial charge in [0.2, 0.25) is 0 Å². The van der Waals surface area contributed by atoms with Crippen LogP contribution in [0.4, 0.5) is 0 Å². The molecular formula is C10H7N2S. The molecule has 3 heteroatoms. The second-order valence-corrected chi connectivity index (χ2v) is 3.92. The summed E-state index contributed by atoms with van der Waals surface area (Å²) in [5.41, 5.74) is 4.89. The van der Waals surface area contributed by atoms with E-state index in [2.05, 4.69) is 27.9 Å². The van der Waals surface area contributed by atoms with Gasteiger partial charge in [0.25, 0.3) is 0 Å². The molecule has 2 nitrogen and oxygen atoms in total. The first-order valence-corrected chi connectivity index (χ1v) is 5.16. The lowest BCUT2D eigenvalue weighted by atomic mass is 10.1. The number of hydrogen-bond acceptors (Lipinski definition) is 2. The summed E-state index contributed by atoms with van der Waals surface area (Å²) < 4.78 is 0. The normalized spacial score (nSPS) is 23.4. The average Bonchev–Trinajstić information content (AvgIpc) is 2.56. The van der Waals surface area contributed by atoms with E-state index < -0.39 is 0 Å². The van der Waals surface area contributed by atoms with Crippen LogP contribution in [0, 0.1) is 0 Å². The lowest BCUT2D eigenvalue weighted by Gasteiger charge is -2.10. The highest BCUT2D eigenvalue weighted by molar-refractivity contribution is 8.02. The van der Waals surface area contributed by atoms with E-state index in [1.807, 2.05) is 18.0 Å². The zero-order valence-corrected chi connectivity index (χ0v) is 7.71. The maximum atomic E-state index is 4.28. The summed E-state index contributed by atoms with van der Waals surface area (Å²) in [5, 5.41) is 6.41. The van der Waals surface area contributed by atoms with Crippen LogP contribution in [0.15, 0.2) is 51.2 Å². The molecular weight excluding hydrogens is 180 g/mol. The molecule has 0 aromatic carbocycles. The molecule has 63 valence electrons. The molecule has 13 heavy (non-hydrogen) atoms. The fourth-order valence-corrected chi connectivity index (χ4v) is 2.39. The minimum Gasteiger partial charge on any atom is -0.244 e. The first-order chi connectivity index (χ1) is 6.45. The second kappa shape index (κ2) is 2.64. The fourth-order valence-electron chi connectivity index (χ4n) is 1.65. The van der Waals surface area contributed by atoms with E-state index in [1.165, 1.54) is 11.1 Å². The first-order valence-electron chi connectivity index (χ1n) is 4.11. The Morgan fingerprint density at radius 1 is 1.38 bits per heavy atom. The zero-order chi connectivity index (χ0) is 8.67. The van der Waals surface area contributed by atoms with Gasteiger partial charge in [0.1, 0.15) is 6.34 Å². The zero-order valence-electron chi connectivity index (χ0n) is 6.90. The van der Waals surface area contributed by atoms with Crippen molar-refractivity contribution < 1.29 is 0 Å². The number of hydrogen-bond donors (Lipinski definition) is 0. The molecule has 0 aromatic heterocycles. The minimum absolute atomic E-state index is 1.06. The maximum absolute atomic E-state index is 4.28. The van der Waals surface area contributed by atoms with Crippen LogP contribution in [0.5, 0.6) is 0 Å². The van der Waals surface area contributed by atoms with Gasteiger partial charge in [-0.1, -0.05) is 0 Å². The Bertz CT molecular complexity index is 411. The third kappa shape index (κ3) is 1.00. The predicted molar refractivity (Wildman–Crippen MR) is 55.4 cm³/mol. The molecule has 0 unspecified atom stereocenters. The van der Waals surface area contributed by atoms with E-state index in [4.69, 9.17) is 0 Å². The topological polar surface area (TPSA) is 26.5 Å². The Morgan fingerprint density at radius 3 is 3.38 bits per heavy atom. The molecule has 1 radical (unpaired) electrons. The van der Waals surface area contributed by atoms with E-state index >= 15 is 0 Å². The standard InChI is InChI=1S/C10H7N2S/c1-2-13-5-8-3-7-4-11-6-12-10(7)9(1)8/h1-4,6H,5H2. The van der Waals surface area contributed by atoms with Crippen molar-refractivity contribution in [3.8, 4) is 0 Å². The van der Waals surface area contributed by atoms with Crippen LogP contribution >= 0.6 is 11.8 Å². The number of nitrogens with zero attached hydrogens (tertiary/aromatic N) is 2. The quantitative estimate of drug-likeness (QED) is 0.569. The van der Waals surface area contributed by atoms with Gasteiger partial charge in [-0.25, -0.2) is 10.3 Å².